The highest BCUT2D eigenvalue weighted by atomic mass is 16.5. The molecule has 0 fully saturated rings. The van der Waals surface area contributed by atoms with Crippen molar-refractivity contribution >= 4 is 0 Å². The fourth-order valence-electron chi connectivity index (χ4n) is 1.13. The van der Waals surface area contributed by atoms with Crippen LogP contribution in [0.25, 0.3) is 0 Å². The topological polar surface area (TPSA) is 49.7 Å². The average Bonchev–Trinajstić information content (AvgIpc) is 2.29. The Morgan fingerprint density at radius 2 is 1.93 bits per heavy atom. The number of aliphatic hydroxyl groups is 2. The lowest BCUT2D eigenvalue weighted by molar-refractivity contribution is -0.0247. The molecular formula is C12H16O3. The lowest BCUT2D eigenvalue weighted by Crippen LogP contribution is -2.28. The second-order valence-corrected chi connectivity index (χ2v) is 3.29. The molecule has 3 nitrogen and oxygen atoms in total. The summed E-state index contributed by atoms with van der Waals surface area (Å²) < 4.78 is 5.25. The van der Waals surface area contributed by atoms with Crippen LogP contribution in [0.15, 0.2) is 43.0 Å². The summed E-state index contributed by atoms with van der Waals surface area (Å²) in [5, 5.41) is 18.5. The Labute approximate surface area is 89.6 Å². The molecule has 0 aliphatic carbocycles. The smallest absolute Gasteiger partial charge is 0.107 e. The molecule has 0 saturated heterocycles. The molecule has 1 rings (SSSR count). The standard InChI is InChI=1S/C12H16O3/c1-2-11(13)12(14)9-15-8-10-6-4-3-5-7-10/h2-7,11-14H,1,8-9H2/t11-,12+/m1/s1. The summed E-state index contributed by atoms with van der Waals surface area (Å²) in [7, 11) is 0. The fourth-order valence-corrected chi connectivity index (χ4v) is 1.13. The number of hydrogen-bond acceptors (Lipinski definition) is 3. The highest BCUT2D eigenvalue weighted by Crippen LogP contribution is 2.02. The van der Waals surface area contributed by atoms with E-state index in [9.17, 15) is 10.2 Å². The van der Waals surface area contributed by atoms with E-state index < -0.39 is 12.2 Å². The van der Waals surface area contributed by atoms with Crippen molar-refractivity contribution in [3.63, 3.8) is 0 Å². The number of hydrogen-bond donors (Lipinski definition) is 2. The molecule has 0 unspecified atom stereocenters. The first kappa shape index (κ1) is 11.9. The largest absolute Gasteiger partial charge is 0.388 e. The van der Waals surface area contributed by atoms with E-state index in [2.05, 4.69) is 6.58 Å². The van der Waals surface area contributed by atoms with Crippen molar-refractivity contribution in [1.82, 2.24) is 0 Å². The van der Waals surface area contributed by atoms with Gasteiger partial charge in [0.25, 0.3) is 0 Å². The maximum Gasteiger partial charge on any atom is 0.107 e. The molecule has 0 heterocycles. The van der Waals surface area contributed by atoms with Gasteiger partial charge in [-0.05, 0) is 5.56 Å². The first-order chi connectivity index (χ1) is 7.24. The lowest BCUT2D eigenvalue weighted by atomic mass is 10.2. The molecule has 1 aromatic rings. The SMILES string of the molecule is C=C[C@@H](O)[C@@H](O)COCc1ccccc1. The van der Waals surface area contributed by atoms with E-state index in [0.29, 0.717) is 6.61 Å². The Hall–Kier alpha value is -1.16. The molecule has 82 valence electrons. The highest BCUT2D eigenvalue weighted by molar-refractivity contribution is 5.13. The number of rotatable bonds is 6. The van der Waals surface area contributed by atoms with Crippen molar-refractivity contribution in [2.75, 3.05) is 6.61 Å². The summed E-state index contributed by atoms with van der Waals surface area (Å²) in [6.45, 7) is 3.91. The van der Waals surface area contributed by atoms with E-state index >= 15 is 0 Å². The zero-order valence-corrected chi connectivity index (χ0v) is 8.54. The van der Waals surface area contributed by atoms with Gasteiger partial charge in [0.05, 0.1) is 19.3 Å². The zero-order valence-electron chi connectivity index (χ0n) is 8.54. The first-order valence-corrected chi connectivity index (χ1v) is 4.84. The van der Waals surface area contributed by atoms with Crippen LogP contribution in [0.4, 0.5) is 0 Å². The fraction of sp³-hybridized carbons (Fsp3) is 0.333. The number of ether oxygens (including phenoxy) is 1. The van der Waals surface area contributed by atoms with Gasteiger partial charge < -0.3 is 14.9 Å². The van der Waals surface area contributed by atoms with Gasteiger partial charge in [0.2, 0.25) is 0 Å². The van der Waals surface area contributed by atoms with Crippen LogP contribution in [0.2, 0.25) is 0 Å². The molecular weight excluding hydrogens is 192 g/mol. The molecule has 0 spiro atoms. The van der Waals surface area contributed by atoms with Crippen molar-refractivity contribution in [2.24, 2.45) is 0 Å². The number of aliphatic hydroxyl groups excluding tert-OH is 2. The molecule has 1 aromatic carbocycles. The molecule has 2 atom stereocenters. The van der Waals surface area contributed by atoms with Crippen LogP contribution in [0.1, 0.15) is 5.56 Å². The van der Waals surface area contributed by atoms with Crippen molar-refractivity contribution in [3.8, 4) is 0 Å². The predicted molar refractivity (Wildman–Crippen MR) is 58.3 cm³/mol. The van der Waals surface area contributed by atoms with Gasteiger partial charge in [0.1, 0.15) is 6.10 Å². The number of benzene rings is 1. The molecule has 0 saturated carbocycles. The maximum absolute atomic E-state index is 9.35. The molecule has 2 N–H and O–H groups in total. The van der Waals surface area contributed by atoms with E-state index in [1.54, 1.807) is 0 Å². The molecule has 0 aliphatic rings. The summed E-state index contributed by atoms with van der Waals surface area (Å²) in [6, 6.07) is 9.66. The van der Waals surface area contributed by atoms with Crippen molar-refractivity contribution in [1.29, 1.82) is 0 Å². The summed E-state index contributed by atoms with van der Waals surface area (Å²) in [6.07, 6.45) is -0.553. The van der Waals surface area contributed by atoms with Gasteiger partial charge in [0.15, 0.2) is 0 Å². The van der Waals surface area contributed by atoms with E-state index in [1.165, 1.54) is 6.08 Å². The van der Waals surface area contributed by atoms with Crippen molar-refractivity contribution < 1.29 is 14.9 Å². The van der Waals surface area contributed by atoms with Crippen LogP contribution in [0.5, 0.6) is 0 Å². The average molecular weight is 208 g/mol. The van der Waals surface area contributed by atoms with Crippen LogP contribution in [-0.4, -0.2) is 29.0 Å². The third-order valence-electron chi connectivity index (χ3n) is 2.04. The minimum absolute atomic E-state index is 0.0993. The second-order valence-electron chi connectivity index (χ2n) is 3.29. The Kier molecular flexibility index (Phi) is 5.04. The predicted octanol–water partition coefficient (Wildman–Crippen LogP) is 1.11. The van der Waals surface area contributed by atoms with E-state index in [4.69, 9.17) is 4.74 Å². The third-order valence-corrected chi connectivity index (χ3v) is 2.04. The monoisotopic (exact) mass is 208 g/mol. The molecule has 0 bridgehead atoms. The first-order valence-electron chi connectivity index (χ1n) is 4.84. The molecule has 0 aromatic heterocycles. The van der Waals surface area contributed by atoms with Gasteiger partial charge in [-0.15, -0.1) is 6.58 Å². The summed E-state index contributed by atoms with van der Waals surface area (Å²) in [5.74, 6) is 0. The summed E-state index contributed by atoms with van der Waals surface area (Å²) >= 11 is 0. The minimum Gasteiger partial charge on any atom is -0.388 e. The molecule has 3 heteroatoms. The molecule has 0 radical (unpaired) electrons. The Balaban J connectivity index is 2.25. The Bertz CT molecular complexity index is 284. The van der Waals surface area contributed by atoms with Crippen molar-refractivity contribution in [2.45, 2.75) is 18.8 Å². The lowest BCUT2D eigenvalue weighted by Gasteiger charge is -2.14. The maximum atomic E-state index is 9.35. The van der Waals surface area contributed by atoms with Crippen molar-refractivity contribution in [3.05, 3.63) is 48.6 Å². The van der Waals surface area contributed by atoms with Gasteiger partial charge in [0, 0.05) is 0 Å². The zero-order chi connectivity index (χ0) is 11.1. The molecule has 15 heavy (non-hydrogen) atoms. The quantitative estimate of drug-likeness (QED) is 0.688. The van der Waals surface area contributed by atoms with Crippen LogP contribution in [-0.2, 0) is 11.3 Å². The normalized spacial score (nSPS) is 14.5. The van der Waals surface area contributed by atoms with Gasteiger partial charge in [-0.25, -0.2) is 0 Å². The Morgan fingerprint density at radius 3 is 2.53 bits per heavy atom. The highest BCUT2D eigenvalue weighted by Gasteiger charge is 2.12. The second kappa shape index (κ2) is 6.35. The van der Waals surface area contributed by atoms with Crippen LogP contribution in [0, 0.1) is 0 Å². The summed E-state index contributed by atoms with van der Waals surface area (Å²) in [5.41, 5.74) is 1.04. The van der Waals surface area contributed by atoms with E-state index in [-0.39, 0.29) is 6.61 Å². The van der Waals surface area contributed by atoms with E-state index in [0.717, 1.165) is 5.56 Å². The van der Waals surface area contributed by atoms with Crippen LogP contribution >= 0.6 is 0 Å². The minimum atomic E-state index is -0.930. The molecule has 0 amide bonds. The van der Waals surface area contributed by atoms with Gasteiger partial charge in [-0.1, -0.05) is 36.4 Å². The van der Waals surface area contributed by atoms with Gasteiger partial charge in [-0.2, -0.15) is 0 Å². The molecule has 0 aliphatic heterocycles. The van der Waals surface area contributed by atoms with Crippen LogP contribution in [0.3, 0.4) is 0 Å². The van der Waals surface area contributed by atoms with Gasteiger partial charge >= 0.3 is 0 Å². The van der Waals surface area contributed by atoms with E-state index in [1.807, 2.05) is 30.3 Å². The van der Waals surface area contributed by atoms with Gasteiger partial charge in [-0.3, -0.25) is 0 Å². The Morgan fingerprint density at radius 1 is 1.27 bits per heavy atom. The van der Waals surface area contributed by atoms with Crippen LogP contribution < -0.4 is 0 Å². The third kappa shape index (κ3) is 4.25. The summed E-state index contributed by atoms with van der Waals surface area (Å²) in [4.78, 5) is 0.